The first-order chi connectivity index (χ1) is 12.0. The van der Waals surface area contributed by atoms with Gasteiger partial charge in [0.15, 0.2) is 0 Å². The molecule has 25 heavy (non-hydrogen) atoms. The number of rotatable bonds is 6. The van der Waals surface area contributed by atoms with Crippen LogP contribution in [-0.4, -0.2) is 44.6 Å². The SMILES string of the molecule is COc1ccc(C(=O)N(C)C)cc1NC(=O)NCCc1ccccc1. The molecule has 0 aliphatic heterocycles. The zero-order valence-electron chi connectivity index (χ0n) is 14.7. The van der Waals surface area contributed by atoms with Crippen LogP contribution < -0.4 is 15.4 Å². The number of nitrogens with zero attached hydrogens (tertiary/aromatic N) is 1. The number of benzene rings is 2. The molecule has 2 aromatic carbocycles. The quantitative estimate of drug-likeness (QED) is 0.849. The van der Waals surface area contributed by atoms with Crippen molar-refractivity contribution < 1.29 is 14.3 Å². The van der Waals surface area contributed by atoms with E-state index in [1.165, 1.54) is 12.0 Å². The molecule has 0 aliphatic rings. The summed E-state index contributed by atoms with van der Waals surface area (Å²) in [5.74, 6) is 0.351. The van der Waals surface area contributed by atoms with Crippen molar-refractivity contribution in [1.29, 1.82) is 0 Å². The van der Waals surface area contributed by atoms with Crippen LogP contribution in [0.1, 0.15) is 15.9 Å². The minimum Gasteiger partial charge on any atom is -0.495 e. The molecule has 0 heterocycles. The van der Waals surface area contributed by atoms with Crippen LogP contribution in [0.2, 0.25) is 0 Å². The molecule has 0 aromatic heterocycles. The van der Waals surface area contributed by atoms with Crippen LogP contribution in [0.5, 0.6) is 5.75 Å². The number of carbonyl (C=O) groups is 2. The average Bonchev–Trinajstić information content (AvgIpc) is 2.61. The van der Waals surface area contributed by atoms with Crippen molar-refractivity contribution in [3.05, 3.63) is 59.7 Å². The zero-order valence-corrected chi connectivity index (χ0v) is 14.7. The summed E-state index contributed by atoms with van der Waals surface area (Å²) in [5, 5.41) is 5.54. The number of methoxy groups -OCH3 is 1. The minimum absolute atomic E-state index is 0.143. The first-order valence-corrected chi connectivity index (χ1v) is 7.99. The van der Waals surface area contributed by atoms with Gasteiger partial charge in [0.25, 0.3) is 5.91 Å². The van der Waals surface area contributed by atoms with Crippen LogP contribution in [0.15, 0.2) is 48.5 Å². The summed E-state index contributed by atoms with van der Waals surface area (Å²) in [5.41, 5.74) is 2.08. The summed E-state index contributed by atoms with van der Waals surface area (Å²) < 4.78 is 5.25. The molecular weight excluding hydrogens is 318 g/mol. The van der Waals surface area contributed by atoms with E-state index in [-0.39, 0.29) is 11.9 Å². The van der Waals surface area contributed by atoms with E-state index >= 15 is 0 Å². The second-order valence-electron chi connectivity index (χ2n) is 5.73. The highest BCUT2D eigenvalue weighted by atomic mass is 16.5. The Labute approximate surface area is 147 Å². The molecule has 132 valence electrons. The standard InChI is InChI=1S/C19H23N3O3/c1-22(2)18(23)15-9-10-17(25-3)16(13-15)21-19(24)20-12-11-14-7-5-4-6-8-14/h4-10,13H,11-12H2,1-3H3,(H2,20,21,24). The fourth-order valence-corrected chi connectivity index (χ4v) is 2.33. The van der Waals surface area contributed by atoms with Gasteiger partial charge in [0.05, 0.1) is 12.8 Å². The van der Waals surface area contributed by atoms with E-state index in [1.54, 1.807) is 32.3 Å². The third kappa shape index (κ3) is 5.24. The van der Waals surface area contributed by atoms with Gasteiger partial charge in [-0.2, -0.15) is 0 Å². The molecule has 6 heteroatoms. The fraction of sp³-hybridized carbons (Fsp3) is 0.263. The molecule has 3 amide bonds. The molecular formula is C19H23N3O3. The van der Waals surface area contributed by atoms with Crippen molar-refractivity contribution in [2.75, 3.05) is 33.1 Å². The molecule has 2 aromatic rings. The Hall–Kier alpha value is -3.02. The van der Waals surface area contributed by atoms with Crippen LogP contribution in [0.4, 0.5) is 10.5 Å². The number of ether oxygens (including phenoxy) is 1. The Morgan fingerprint density at radius 1 is 1.08 bits per heavy atom. The highest BCUT2D eigenvalue weighted by Crippen LogP contribution is 2.25. The molecule has 0 saturated carbocycles. The first-order valence-electron chi connectivity index (χ1n) is 7.99. The molecule has 0 unspecified atom stereocenters. The lowest BCUT2D eigenvalue weighted by atomic mass is 10.1. The monoisotopic (exact) mass is 341 g/mol. The Balaban J connectivity index is 1.98. The molecule has 0 saturated heterocycles. The number of nitrogens with one attached hydrogen (secondary N) is 2. The lowest BCUT2D eigenvalue weighted by Gasteiger charge is -2.15. The van der Waals surface area contributed by atoms with Gasteiger partial charge in [-0.15, -0.1) is 0 Å². The van der Waals surface area contributed by atoms with Gasteiger partial charge in [-0.3, -0.25) is 4.79 Å². The van der Waals surface area contributed by atoms with E-state index in [4.69, 9.17) is 4.74 Å². The molecule has 0 aliphatic carbocycles. The molecule has 6 nitrogen and oxygen atoms in total. The van der Waals surface area contributed by atoms with Crippen molar-refractivity contribution in [3.63, 3.8) is 0 Å². The van der Waals surface area contributed by atoms with E-state index in [0.717, 1.165) is 12.0 Å². The molecule has 0 radical (unpaired) electrons. The summed E-state index contributed by atoms with van der Waals surface area (Å²) in [6.07, 6.45) is 0.741. The van der Waals surface area contributed by atoms with E-state index in [1.807, 2.05) is 30.3 Å². The topological polar surface area (TPSA) is 70.7 Å². The van der Waals surface area contributed by atoms with E-state index < -0.39 is 0 Å². The van der Waals surface area contributed by atoms with Gasteiger partial charge in [0.2, 0.25) is 0 Å². The van der Waals surface area contributed by atoms with Crippen LogP contribution in [-0.2, 0) is 6.42 Å². The third-order valence-corrected chi connectivity index (χ3v) is 3.64. The molecule has 0 atom stereocenters. The van der Waals surface area contributed by atoms with Gasteiger partial charge in [0.1, 0.15) is 5.75 Å². The maximum Gasteiger partial charge on any atom is 0.319 e. The average molecular weight is 341 g/mol. The zero-order chi connectivity index (χ0) is 18.2. The summed E-state index contributed by atoms with van der Waals surface area (Å²) in [7, 11) is 4.87. The van der Waals surface area contributed by atoms with Gasteiger partial charge in [-0.25, -0.2) is 4.79 Å². The maximum absolute atomic E-state index is 12.1. The largest absolute Gasteiger partial charge is 0.495 e. The highest BCUT2D eigenvalue weighted by Gasteiger charge is 2.13. The second-order valence-corrected chi connectivity index (χ2v) is 5.73. The first kappa shape index (κ1) is 18.3. The van der Waals surface area contributed by atoms with Gasteiger partial charge in [-0.05, 0) is 30.2 Å². The van der Waals surface area contributed by atoms with Crippen molar-refractivity contribution in [2.24, 2.45) is 0 Å². The Kier molecular flexibility index (Phi) is 6.39. The van der Waals surface area contributed by atoms with Crippen LogP contribution >= 0.6 is 0 Å². The molecule has 2 rings (SSSR count). The number of amides is 3. The smallest absolute Gasteiger partial charge is 0.319 e. The Morgan fingerprint density at radius 3 is 2.44 bits per heavy atom. The van der Waals surface area contributed by atoms with E-state index in [0.29, 0.717) is 23.5 Å². The second kappa shape index (κ2) is 8.73. The van der Waals surface area contributed by atoms with Gasteiger partial charge < -0.3 is 20.3 Å². The van der Waals surface area contributed by atoms with Crippen molar-refractivity contribution >= 4 is 17.6 Å². The minimum atomic E-state index is -0.344. The van der Waals surface area contributed by atoms with Crippen molar-refractivity contribution in [1.82, 2.24) is 10.2 Å². The summed E-state index contributed by atoms with van der Waals surface area (Å²) in [4.78, 5) is 25.7. The number of carbonyl (C=O) groups excluding carboxylic acids is 2. The Bertz CT molecular complexity index is 730. The van der Waals surface area contributed by atoms with Gasteiger partial charge in [0, 0.05) is 26.2 Å². The van der Waals surface area contributed by atoms with E-state index in [9.17, 15) is 9.59 Å². The number of hydrogen-bond donors (Lipinski definition) is 2. The predicted molar refractivity (Wildman–Crippen MR) is 98.2 cm³/mol. The number of hydrogen-bond acceptors (Lipinski definition) is 3. The summed E-state index contributed by atoms with van der Waals surface area (Å²) >= 11 is 0. The van der Waals surface area contributed by atoms with E-state index in [2.05, 4.69) is 10.6 Å². The summed E-state index contributed by atoms with van der Waals surface area (Å²) in [6, 6.07) is 14.5. The van der Waals surface area contributed by atoms with Crippen LogP contribution in [0.25, 0.3) is 0 Å². The third-order valence-electron chi connectivity index (χ3n) is 3.64. The van der Waals surface area contributed by atoms with Crippen LogP contribution in [0, 0.1) is 0 Å². The predicted octanol–water partition coefficient (Wildman–Crippen LogP) is 2.76. The molecule has 0 fully saturated rings. The number of urea groups is 1. The van der Waals surface area contributed by atoms with Crippen molar-refractivity contribution in [2.45, 2.75) is 6.42 Å². The van der Waals surface area contributed by atoms with Gasteiger partial charge in [-0.1, -0.05) is 30.3 Å². The normalized spacial score (nSPS) is 10.0. The number of anilines is 1. The molecule has 0 spiro atoms. The van der Waals surface area contributed by atoms with Gasteiger partial charge >= 0.3 is 6.03 Å². The maximum atomic E-state index is 12.1. The lowest BCUT2D eigenvalue weighted by Crippen LogP contribution is -2.30. The lowest BCUT2D eigenvalue weighted by molar-refractivity contribution is 0.0827. The molecule has 0 bridgehead atoms. The van der Waals surface area contributed by atoms with Crippen molar-refractivity contribution in [3.8, 4) is 5.75 Å². The molecule has 2 N–H and O–H groups in total. The fourth-order valence-electron chi connectivity index (χ4n) is 2.33. The Morgan fingerprint density at radius 2 is 1.80 bits per heavy atom. The highest BCUT2D eigenvalue weighted by molar-refractivity contribution is 5.97. The van der Waals surface area contributed by atoms with Crippen LogP contribution in [0.3, 0.4) is 0 Å². The summed E-state index contributed by atoms with van der Waals surface area (Å²) in [6.45, 7) is 0.508.